The van der Waals surface area contributed by atoms with Crippen LogP contribution in [0.4, 0.5) is 0 Å². The summed E-state index contributed by atoms with van der Waals surface area (Å²) in [6.45, 7) is 0. The molecule has 0 saturated heterocycles. The number of fused-ring (bicyclic) bond motifs is 2. The molecule has 106 valence electrons. The van der Waals surface area contributed by atoms with Crippen LogP contribution in [0.3, 0.4) is 0 Å². The first-order valence-electron chi connectivity index (χ1n) is 6.98. The van der Waals surface area contributed by atoms with Gasteiger partial charge in [-0.1, -0.05) is 6.42 Å². The summed E-state index contributed by atoms with van der Waals surface area (Å²) in [6.07, 6.45) is 15.1. The maximum Gasteiger partial charge on any atom is 0.164 e. The van der Waals surface area contributed by atoms with E-state index < -0.39 is 0 Å². The molecule has 0 radical (unpaired) electrons. The predicted octanol–water partition coefficient (Wildman–Crippen LogP) is 3.25. The van der Waals surface area contributed by atoms with Crippen LogP contribution in [0, 0.1) is 18.8 Å². The Bertz CT molecular complexity index is 504. The zero-order chi connectivity index (χ0) is 14.5. The van der Waals surface area contributed by atoms with Crippen molar-refractivity contribution < 1.29 is 14.3 Å². The standard InChI is InChI=1S/C15H18O3.C2H2/c1-17-14-7-10(9-16)6-12-8-11-4-2-3-5-13(11)18-15(12)14;1-2/h6-7,9,11,13H,2-5,8H2,1H3;1-2H/t11-,13?;/m0./s1. The quantitative estimate of drug-likeness (QED) is 0.612. The molecule has 2 atom stereocenters. The number of carbonyl (C=O) groups is 1. The lowest BCUT2D eigenvalue weighted by Crippen LogP contribution is -2.35. The first-order valence-corrected chi connectivity index (χ1v) is 6.98. The largest absolute Gasteiger partial charge is 0.493 e. The average molecular weight is 272 g/mol. The van der Waals surface area contributed by atoms with Gasteiger partial charge in [0.2, 0.25) is 0 Å². The van der Waals surface area contributed by atoms with Gasteiger partial charge in [-0.05, 0) is 43.4 Å². The van der Waals surface area contributed by atoms with Crippen LogP contribution in [0.2, 0.25) is 0 Å². The fraction of sp³-hybridized carbons (Fsp3) is 0.471. The third kappa shape index (κ3) is 2.65. The highest BCUT2D eigenvalue weighted by molar-refractivity contribution is 5.77. The second kappa shape index (κ2) is 6.47. The number of benzene rings is 1. The van der Waals surface area contributed by atoms with Crippen molar-refractivity contribution in [2.24, 2.45) is 5.92 Å². The van der Waals surface area contributed by atoms with Crippen LogP contribution in [0.25, 0.3) is 0 Å². The molecular weight excluding hydrogens is 252 g/mol. The topological polar surface area (TPSA) is 35.5 Å². The molecule has 0 aromatic heterocycles. The van der Waals surface area contributed by atoms with Crippen LogP contribution in [0.5, 0.6) is 11.5 Å². The Morgan fingerprint density at radius 1 is 1.30 bits per heavy atom. The van der Waals surface area contributed by atoms with E-state index in [2.05, 4.69) is 12.8 Å². The summed E-state index contributed by atoms with van der Waals surface area (Å²) < 4.78 is 11.5. The zero-order valence-corrected chi connectivity index (χ0v) is 11.8. The summed E-state index contributed by atoms with van der Waals surface area (Å²) in [5.74, 6) is 2.16. The van der Waals surface area contributed by atoms with E-state index in [9.17, 15) is 4.79 Å². The molecule has 3 heteroatoms. The molecule has 1 aromatic carbocycles. The van der Waals surface area contributed by atoms with Crippen molar-refractivity contribution in [1.29, 1.82) is 0 Å². The lowest BCUT2D eigenvalue weighted by Gasteiger charge is -2.37. The van der Waals surface area contributed by atoms with Crippen LogP contribution < -0.4 is 9.47 Å². The van der Waals surface area contributed by atoms with Crippen molar-refractivity contribution in [2.75, 3.05) is 7.11 Å². The molecule has 0 amide bonds. The van der Waals surface area contributed by atoms with Crippen LogP contribution in [0.15, 0.2) is 12.1 Å². The number of ether oxygens (including phenoxy) is 2. The molecule has 1 aromatic rings. The number of hydrogen-bond acceptors (Lipinski definition) is 3. The van der Waals surface area contributed by atoms with Gasteiger partial charge in [0.05, 0.1) is 7.11 Å². The van der Waals surface area contributed by atoms with Crippen LogP contribution in [0.1, 0.15) is 41.6 Å². The monoisotopic (exact) mass is 272 g/mol. The number of carbonyl (C=O) groups excluding carboxylic acids is 1. The van der Waals surface area contributed by atoms with E-state index >= 15 is 0 Å². The highest BCUT2D eigenvalue weighted by atomic mass is 16.5. The first kappa shape index (κ1) is 14.5. The summed E-state index contributed by atoms with van der Waals surface area (Å²) in [5, 5.41) is 0. The van der Waals surface area contributed by atoms with E-state index in [4.69, 9.17) is 9.47 Å². The Morgan fingerprint density at radius 2 is 2.05 bits per heavy atom. The highest BCUT2D eigenvalue weighted by Crippen LogP contribution is 2.43. The minimum atomic E-state index is 0.335. The maximum atomic E-state index is 10.9. The van der Waals surface area contributed by atoms with E-state index in [1.54, 1.807) is 13.2 Å². The van der Waals surface area contributed by atoms with Gasteiger partial charge >= 0.3 is 0 Å². The third-order valence-electron chi connectivity index (χ3n) is 4.10. The van der Waals surface area contributed by atoms with Gasteiger partial charge in [0.15, 0.2) is 11.5 Å². The Kier molecular flexibility index (Phi) is 4.68. The van der Waals surface area contributed by atoms with Gasteiger partial charge in [-0.3, -0.25) is 4.79 Å². The van der Waals surface area contributed by atoms with Gasteiger partial charge in [0.25, 0.3) is 0 Å². The van der Waals surface area contributed by atoms with Gasteiger partial charge < -0.3 is 9.47 Å². The molecule has 2 aliphatic rings. The molecule has 1 heterocycles. The maximum absolute atomic E-state index is 10.9. The van der Waals surface area contributed by atoms with Gasteiger partial charge in [-0.15, -0.1) is 12.8 Å². The molecule has 3 rings (SSSR count). The van der Waals surface area contributed by atoms with Crippen molar-refractivity contribution in [1.82, 2.24) is 0 Å². The van der Waals surface area contributed by atoms with Crippen LogP contribution >= 0.6 is 0 Å². The lowest BCUT2D eigenvalue weighted by atomic mass is 9.80. The predicted molar refractivity (Wildman–Crippen MR) is 78.3 cm³/mol. The van der Waals surface area contributed by atoms with Crippen molar-refractivity contribution in [3.8, 4) is 24.3 Å². The molecule has 1 saturated carbocycles. The average Bonchev–Trinajstić information content (AvgIpc) is 2.53. The number of rotatable bonds is 2. The van der Waals surface area contributed by atoms with Crippen molar-refractivity contribution in [3.63, 3.8) is 0 Å². The Hall–Kier alpha value is -1.95. The number of methoxy groups -OCH3 is 1. The van der Waals surface area contributed by atoms with Crippen LogP contribution in [-0.2, 0) is 6.42 Å². The minimum Gasteiger partial charge on any atom is -0.493 e. The second-order valence-electron chi connectivity index (χ2n) is 5.23. The molecule has 1 aliphatic heterocycles. The summed E-state index contributed by atoms with van der Waals surface area (Å²) in [6, 6.07) is 3.70. The summed E-state index contributed by atoms with van der Waals surface area (Å²) in [7, 11) is 1.63. The van der Waals surface area contributed by atoms with Gasteiger partial charge in [-0.25, -0.2) is 0 Å². The molecule has 0 bridgehead atoms. The van der Waals surface area contributed by atoms with Crippen molar-refractivity contribution in [2.45, 2.75) is 38.2 Å². The molecular formula is C17H20O3. The minimum absolute atomic E-state index is 0.335. The molecule has 3 nitrogen and oxygen atoms in total. The fourth-order valence-electron chi connectivity index (χ4n) is 3.18. The molecule has 1 unspecified atom stereocenters. The van der Waals surface area contributed by atoms with E-state index in [1.165, 1.54) is 19.3 Å². The smallest absolute Gasteiger partial charge is 0.164 e. The van der Waals surface area contributed by atoms with Gasteiger partial charge in [0.1, 0.15) is 12.4 Å². The van der Waals surface area contributed by atoms with Crippen molar-refractivity contribution in [3.05, 3.63) is 23.3 Å². The fourth-order valence-corrected chi connectivity index (χ4v) is 3.18. The van der Waals surface area contributed by atoms with E-state index in [1.807, 2.05) is 6.07 Å². The molecule has 0 spiro atoms. The summed E-state index contributed by atoms with van der Waals surface area (Å²) in [5.41, 5.74) is 1.79. The molecule has 1 aliphatic carbocycles. The summed E-state index contributed by atoms with van der Waals surface area (Å²) in [4.78, 5) is 10.9. The Labute approximate surface area is 120 Å². The number of hydrogen-bond donors (Lipinski definition) is 0. The first-order chi connectivity index (χ1) is 9.81. The Balaban J connectivity index is 0.000000704. The SMILES string of the molecule is C#C.COc1cc(C=O)cc2c1OC1CCCC[C@H]1C2. The second-order valence-corrected chi connectivity index (χ2v) is 5.23. The number of terminal acetylenes is 1. The van der Waals surface area contributed by atoms with Gasteiger partial charge in [-0.2, -0.15) is 0 Å². The van der Waals surface area contributed by atoms with Crippen LogP contribution in [-0.4, -0.2) is 19.5 Å². The van der Waals surface area contributed by atoms with Gasteiger partial charge in [0, 0.05) is 11.5 Å². The molecule has 1 fully saturated rings. The highest BCUT2D eigenvalue weighted by Gasteiger charge is 2.33. The number of aldehydes is 1. The molecule has 0 N–H and O–H groups in total. The summed E-state index contributed by atoms with van der Waals surface area (Å²) >= 11 is 0. The van der Waals surface area contributed by atoms with E-state index in [0.717, 1.165) is 30.4 Å². The van der Waals surface area contributed by atoms with Crippen molar-refractivity contribution >= 4 is 6.29 Å². The van der Waals surface area contributed by atoms with E-state index in [-0.39, 0.29) is 0 Å². The third-order valence-corrected chi connectivity index (χ3v) is 4.10. The van der Waals surface area contributed by atoms with E-state index in [0.29, 0.717) is 23.3 Å². The lowest BCUT2D eigenvalue weighted by molar-refractivity contribution is 0.0718. The Morgan fingerprint density at radius 3 is 2.75 bits per heavy atom. The molecule has 20 heavy (non-hydrogen) atoms. The normalized spacial score (nSPS) is 23.1. The zero-order valence-electron chi connectivity index (χ0n) is 11.8.